The SMILES string of the molecule is CC(Cc1ccc(Cl)cc1)N[C@H](C)CO. The lowest BCUT2D eigenvalue weighted by molar-refractivity contribution is 0.242. The number of hydrogen-bond donors (Lipinski definition) is 2. The number of halogens is 1. The third-order valence-corrected chi connectivity index (χ3v) is 2.55. The van der Waals surface area contributed by atoms with Gasteiger partial charge in [0.05, 0.1) is 6.61 Å². The third kappa shape index (κ3) is 4.65. The lowest BCUT2D eigenvalue weighted by atomic mass is 10.1. The van der Waals surface area contributed by atoms with Crippen LogP contribution in [0.3, 0.4) is 0 Å². The van der Waals surface area contributed by atoms with Gasteiger partial charge in [-0.05, 0) is 38.0 Å². The van der Waals surface area contributed by atoms with E-state index >= 15 is 0 Å². The minimum atomic E-state index is 0.146. The molecule has 0 fully saturated rings. The van der Waals surface area contributed by atoms with Gasteiger partial charge in [-0.3, -0.25) is 0 Å². The molecule has 0 radical (unpaired) electrons. The van der Waals surface area contributed by atoms with Crippen molar-refractivity contribution in [1.29, 1.82) is 0 Å². The molecule has 2 N–H and O–H groups in total. The second-order valence-corrected chi connectivity index (χ2v) is 4.42. The largest absolute Gasteiger partial charge is 0.395 e. The molecule has 1 rings (SSSR count). The van der Waals surface area contributed by atoms with Gasteiger partial charge in [0, 0.05) is 17.1 Å². The summed E-state index contributed by atoms with van der Waals surface area (Å²) in [5.41, 5.74) is 1.25. The van der Waals surface area contributed by atoms with Gasteiger partial charge >= 0.3 is 0 Å². The van der Waals surface area contributed by atoms with Crippen LogP contribution < -0.4 is 5.32 Å². The monoisotopic (exact) mass is 227 g/mol. The number of hydrogen-bond acceptors (Lipinski definition) is 2. The Morgan fingerprint density at radius 1 is 1.20 bits per heavy atom. The molecule has 0 aliphatic heterocycles. The molecule has 0 spiro atoms. The zero-order valence-electron chi connectivity index (χ0n) is 9.20. The van der Waals surface area contributed by atoms with Crippen LogP contribution in [0.2, 0.25) is 5.02 Å². The normalized spacial score (nSPS) is 14.9. The first-order valence-electron chi connectivity index (χ1n) is 5.23. The highest BCUT2D eigenvalue weighted by Gasteiger charge is 2.06. The number of aliphatic hydroxyl groups is 1. The van der Waals surface area contributed by atoms with Gasteiger partial charge in [-0.25, -0.2) is 0 Å². The highest BCUT2D eigenvalue weighted by molar-refractivity contribution is 6.30. The van der Waals surface area contributed by atoms with Gasteiger partial charge < -0.3 is 10.4 Å². The fourth-order valence-electron chi connectivity index (χ4n) is 1.57. The molecule has 0 saturated carbocycles. The van der Waals surface area contributed by atoms with E-state index in [9.17, 15) is 0 Å². The van der Waals surface area contributed by atoms with E-state index in [0.717, 1.165) is 11.4 Å². The second-order valence-electron chi connectivity index (χ2n) is 3.98. The average molecular weight is 228 g/mol. The van der Waals surface area contributed by atoms with Crippen molar-refractivity contribution in [2.75, 3.05) is 6.61 Å². The summed E-state index contributed by atoms with van der Waals surface area (Å²) in [6, 6.07) is 8.37. The number of nitrogens with one attached hydrogen (secondary N) is 1. The lowest BCUT2D eigenvalue weighted by Crippen LogP contribution is -2.37. The Balaban J connectivity index is 2.44. The smallest absolute Gasteiger partial charge is 0.0582 e. The summed E-state index contributed by atoms with van der Waals surface area (Å²) in [4.78, 5) is 0. The molecule has 2 nitrogen and oxygen atoms in total. The summed E-state index contributed by atoms with van der Waals surface area (Å²) in [6.07, 6.45) is 0.946. The van der Waals surface area contributed by atoms with Gasteiger partial charge in [0.25, 0.3) is 0 Å². The van der Waals surface area contributed by atoms with Gasteiger partial charge in [-0.1, -0.05) is 23.7 Å². The first kappa shape index (κ1) is 12.5. The maximum absolute atomic E-state index is 8.91. The summed E-state index contributed by atoms with van der Waals surface area (Å²) in [7, 11) is 0. The van der Waals surface area contributed by atoms with Crippen molar-refractivity contribution in [2.45, 2.75) is 32.4 Å². The summed E-state index contributed by atoms with van der Waals surface area (Å²) in [5, 5.41) is 13.0. The highest BCUT2D eigenvalue weighted by atomic mass is 35.5. The Morgan fingerprint density at radius 3 is 2.33 bits per heavy atom. The van der Waals surface area contributed by atoms with Crippen LogP contribution in [0, 0.1) is 0 Å². The number of aliphatic hydroxyl groups excluding tert-OH is 1. The van der Waals surface area contributed by atoms with Crippen LogP contribution in [0.15, 0.2) is 24.3 Å². The molecule has 1 aromatic carbocycles. The molecule has 2 atom stereocenters. The first-order valence-corrected chi connectivity index (χ1v) is 5.61. The van der Waals surface area contributed by atoms with Crippen molar-refractivity contribution in [1.82, 2.24) is 5.32 Å². The van der Waals surface area contributed by atoms with Gasteiger partial charge in [-0.2, -0.15) is 0 Å². The Morgan fingerprint density at radius 2 is 1.80 bits per heavy atom. The summed E-state index contributed by atoms with van der Waals surface area (Å²) < 4.78 is 0. The predicted octanol–water partition coefficient (Wildman–Crippen LogP) is 2.24. The van der Waals surface area contributed by atoms with Crippen molar-refractivity contribution < 1.29 is 5.11 Å². The van der Waals surface area contributed by atoms with E-state index in [4.69, 9.17) is 16.7 Å². The van der Waals surface area contributed by atoms with Gasteiger partial charge in [0.15, 0.2) is 0 Å². The quantitative estimate of drug-likeness (QED) is 0.809. The molecule has 0 saturated heterocycles. The topological polar surface area (TPSA) is 32.3 Å². The maximum Gasteiger partial charge on any atom is 0.0582 e. The molecule has 0 bridgehead atoms. The molecule has 84 valence electrons. The van der Waals surface area contributed by atoms with E-state index in [-0.39, 0.29) is 12.6 Å². The summed E-state index contributed by atoms with van der Waals surface area (Å²) >= 11 is 5.81. The van der Waals surface area contributed by atoms with Crippen LogP contribution in [0.5, 0.6) is 0 Å². The van der Waals surface area contributed by atoms with E-state index in [1.165, 1.54) is 5.56 Å². The maximum atomic E-state index is 8.91. The molecule has 0 aliphatic carbocycles. The molecule has 1 aromatic rings. The van der Waals surface area contributed by atoms with Crippen LogP contribution in [-0.2, 0) is 6.42 Å². The van der Waals surface area contributed by atoms with Crippen molar-refractivity contribution in [3.63, 3.8) is 0 Å². The molecule has 1 unspecified atom stereocenters. The standard InChI is InChI=1S/C12H18ClNO/c1-9(14-10(2)8-15)7-11-3-5-12(13)6-4-11/h3-6,9-10,14-15H,7-8H2,1-2H3/t9?,10-/m1/s1. The lowest BCUT2D eigenvalue weighted by Gasteiger charge is -2.18. The molecular formula is C12H18ClNO. The molecule has 0 aromatic heterocycles. The van der Waals surface area contributed by atoms with Crippen LogP contribution in [-0.4, -0.2) is 23.8 Å². The van der Waals surface area contributed by atoms with E-state index in [2.05, 4.69) is 12.2 Å². The zero-order valence-corrected chi connectivity index (χ0v) is 9.96. The fourth-order valence-corrected chi connectivity index (χ4v) is 1.70. The van der Waals surface area contributed by atoms with Crippen LogP contribution in [0.25, 0.3) is 0 Å². The highest BCUT2D eigenvalue weighted by Crippen LogP contribution is 2.11. The molecular weight excluding hydrogens is 210 g/mol. The van der Waals surface area contributed by atoms with Gasteiger partial charge in [-0.15, -0.1) is 0 Å². The summed E-state index contributed by atoms with van der Waals surface area (Å²) in [6.45, 7) is 4.25. The van der Waals surface area contributed by atoms with Crippen molar-refractivity contribution in [3.8, 4) is 0 Å². The van der Waals surface area contributed by atoms with E-state index < -0.39 is 0 Å². The van der Waals surface area contributed by atoms with Crippen LogP contribution in [0.4, 0.5) is 0 Å². The Kier molecular flexibility index (Phi) is 5.09. The van der Waals surface area contributed by atoms with E-state index in [1.807, 2.05) is 31.2 Å². The minimum Gasteiger partial charge on any atom is -0.395 e. The first-order chi connectivity index (χ1) is 7.11. The van der Waals surface area contributed by atoms with Gasteiger partial charge in [0.2, 0.25) is 0 Å². The minimum absolute atomic E-state index is 0.146. The Bertz CT molecular complexity index is 286. The molecule has 15 heavy (non-hydrogen) atoms. The van der Waals surface area contributed by atoms with Crippen molar-refractivity contribution >= 4 is 11.6 Å². The Hall–Kier alpha value is -0.570. The molecule has 3 heteroatoms. The zero-order chi connectivity index (χ0) is 11.3. The average Bonchev–Trinajstić information content (AvgIpc) is 2.21. The predicted molar refractivity (Wildman–Crippen MR) is 64.3 cm³/mol. The van der Waals surface area contributed by atoms with E-state index in [0.29, 0.717) is 6.04 Å². The second kappa shape index (κ2) is 6.11. The fraction of sp³-hybridized carbons (Fsp3) is 0.500. The molecule has 0 aliphatic rings. The van der Waals surface area contributed by atoms with Crippen LogP contribution in [0.1, 0.15) is 19.4 Å². The van der Waals surface area contributed by atoms with Crippen LogP contribution >= 0.6 is 11.6 Å². The third-order valence-electron chi connectivity index (χ3n) is 2.30. The van der Waals surface area contributed by atoms with Gasteiger partial charge in [0.1, 0.15) is 0 Å². The summed E-state index contributed by atoms with van der Waals surface area (Å²) in [5.74, 6) is 0. The Labute approximate surface area is 96.3 Å². The van der Waals surface area contributed by atoms with E-state index in [1.54, 1.807) is 0 Å². The van der Waals surface area contributed by atoms with Crippen molar-refractivity contribution in [2.24, 2.45) is 0 Å². The number of benzene rings is 1. The van der Waals surface area contributed by atoms with Crippen molar-refractivity contribution in [3.05, 3.63) is 34.9 Å². The molecule has 0 amide bonds. The molecule has 0 heterocycles. The number of rotatable bonds is 5.